The molecule has 0 aromatic carbocycles. The van der Waals surface area contributed by atoms with Gasteiger partial charge in [0.1, 0.15) is 0 Å². The average Bonchev–Trinajstić information content (AvgIpc) is 2.49. The second kappa shape index (κ2) is 2.88. The molecule has 2 rings (SSSR count). The van der Waals surface area contributed by atoms with Gasteiger partial charge in [-0.3, -0.25) is 0 Å². The second-order valence-corrected chi connectivity index (χ2v) is 4.80. The van der Waals surface area contributed by atoms with Gasteiger partial charge in [0, 0.05) is 6.04 Å². The smallest absolute Gasteiger partial charge is 0.0935 e. The van der Waals surface area contributed by atoms with Crippen LogP contribution >= 0.6 is 0 Å². The first-order chi connectivity index (χ1) is 6.09. The average molecular weight is 179 g/mol. The van der Waals surface area contributed by atoms with Crippen LogP contribution in [-0.4, -0.2) is 6.04 Å². The van der Waals surface area contributed by atoms with Crippen molar-refractivity contribution in [3.05, 3.63) is 24.2 Å². The summed E-state index contributed by atoms with van der Waals surface area (Å²) in [5, 5.41) is 0. The van der Waals surface area contributed by atoms with Crippen molar-refractivity contribution in [1.29, 1.82) is 0 Å². The summed E-state index contributed by atoms with van der Waals surface area (Å²) in [5.41, 5.74) is 7.80. The van der Waals surface area contributed by atoms with Gasteiger partial charge in [0.25, 0.3) is 0 Å². The molecule has 2 atom stereocenters. The Bertz CT molecular complexity index is 276. The summed E-state index contributed by atoms with van der Waals surface area (Å²) in [5.74, 6) is 0.697. The second-order valence-electron chi connectivity index (χ2n) is 4.80. The van der Waals surface area contributed by atoms with Gasteiger partial charge >= 0.3 is 0 Å². The largest absolute Gasteiger partial charge is 0.472 e. The first kappa shape index (κ1) is 8.82. The maximum Gasteiger partial charge on any atom is 0.0935 e. The lowest BCUT2D eigenvalue weighted by atomic mass is 10.00. The number of nitrogens with two attached hydrogens (primary N) is 1. The van der Waals surface area contributed by atoms with Gasteiger partial charge in [0.15, 0.2) is 0 Å². The van der Waals surface area contributed by atoms with Crippen molar-refractivity contribution in [2.75, 3.05) is 0 Å². The van der Waals surface area contributed by atoms with Gasteiger partial charge in [0.2, 0.25) is 0 Å². The predicted octanol–water partition coefficient (Wildman–Crippen LogP) is 2.20. The molecule has 13 heavy (non-hydrogen) atoms. The molecule has 1 saturated carbocycles. The van der Waals surface area contributed by atoms with Crippen LogP contribution in [0.4, 0.5) is 0 Å². The number of rotatable bonds is 3. The summed E-state index contributed by atoms with van der Waals surface area (Å²) >= 11 is 0. The first-order valence-corrected chi connectivity index (χ1v) is 4.86. The number of hydrogen-bond donors (Lipinski definition) is 1. The van der Waals surface area contributed by atoms with Crippen molar-refractivity contribution in [1.82, 2.24) is 0 Å². The molecule has 0 saturated heterocycles. The van der Waals surface area contributed by atoms with Crippen LogP contribution < -0.4 is 5.73 Å². The van der Waals surface area contributed by atoms with Gasteiger partial charge in [-0.25, -0.2) is 0 Å². The van der Waals surface area contributed by atoms with E-state index >= 15 is 0 Å². The molecule has 1 aliphatic rings. The molecule has 1 aromatic rings. The van der Waals surface area contributed by atoms with Crippen LogP contribution in [0.15, 0.2) is 23.0 Å². The molecule has 1 heterocycles. The quantitative estimate of drug-likeness (QED) is 0.772. The fourth-order valence-corrected chi connectivity index (χ4v) is 2.06. The molecule has 2 nitrogen and oxygen atoms in total. The SMILES string of the molecule is CC1(C)CC1C(N)Cc1ccoc1. The van der Waals surface area contributed by atoms with E-state index in [2.05, 4.69) is 13.8 Å². The highest BCUT2D eigenvalue weighted by Gasteiger charge is 2.48. The van der Waals surface area contributed by atoms with Crippen LogP contribution in [-0.2, 0) is 6.42 Å². The number of hydrogen-bond acceptors (Lipinski definition) is 2. The Labute approximate surface area is 79.1 Å². The molecule has 2 heteroatoms. The molecule has 0 bridgehead atoms. The Morgan fingerprint density at radius 3 is 2.85 bits per heavy atom. The van der Waals surface area contributed by atoms with E-state index in [4.69, 9.17) is 10.2 Å². The van der Waals surface area contributed by atoms with Crippen LogP contribution in [0.5, 0.6) is 0 Å². The van der Waals surface area contributed by atoms with E-state index in [1.807, 2.05) is 6.07 Å². The fourth-order valence-electron chi connectivity index (χ4n) is 2.06. The Kier molecular flexibility index (Phi) is 1.95. The van der Waals surface area contributed by atoms with Crippen molar-refractivity contribution in [3.63, 3.8) is 0 Å². The van der Waals surface area contributed by atoms with Crippen molar-refractivity contribution in [3.8, 4) is 0 Å². The molecule has 2 unspecified atom stereocenters. The Balaban J connectivity index is 1.90. The highest BCUT2D eigenvalue weighted by Crippen LogP contribution is 2.53. The van der Waals surface area contributed by atoms with Crippen LogP contribution in [0.1, 0.15) is 25.8 Å². The topological polar surface area (TPSA) is 39.2 Å². The molecule has 1 aliphatic carbocycles. The third kappa shape index (κ3) is 1.78. The molecule has 0 aliphatic heterocycles. The summed E-state index contributed by atoms with van der Waals surface area (Å²) in [6.45, 7) is 4.57. The zero-order valence-corrected chi connectivity index (χ0v) is 8.29. The van der Waals surface area contributed by atoms with E-state index < -0.39 is 0 Å². The summed E-state index contributed by atoms with van der Waals surface area (Å²) in [4.78, 5) is 0. The fraction of sp³-hybridized carbons (Fsp3) is 0.636. The van der Waals surface area contributed by atoms with Crippen LogP contribution in [0.2, 0.25) is 0 Å². The monoisotopic (exact) mass is 179 g/mol. The van der Waals surface area contributed by atoms with Crippen LogP contribution in [0.3, 0.4) is 0 Å². The van der Waals surface area contributed by atoms with Crippen molar-refractivity contribution >= 4 is 0 Å². The molecular weight excluding hydrogens is 162 g/mol. The summed E-state index contributed by atoms with van der Waals surface area (Å²) in [7, 11) is 0. The zero-order valence-electron chi connectivity index (χ0n) is 8.29. The highest BCUT2D eigenvalue weighted by molar-refractivity contribution is 5.11. The number of furan rings is 1. The lowest BCUT2D eigenvalue weighted by Crippen LogP contribution is -2.27. The normalized spacial score (nSPS) is 27.2. The maximum absolute atomic E-state index is 6.10. The maximum atomic E-state index is 6.10. The summed E-state index contributed by atoms with van der Waals surface area (Å²) in [6, 6.07) is 2.29. The van der Waals surface area contributed by atoms with E-state index in [1.54, 1.807) is 12.5 Å². The molecular formula is C11H17NO. The van der Waals surface area contributed by atoms with Crippen molar-refractivity contribution < 1.29 is 4.42 Å². The molecule has 1 aromatic heterocycles. The Hall–Kier alpha value is -0.760. The summed E-state index contributed by atoms with van der Waals surface area (Å²) < 4.78 is 5.01. The molecule has 1 fully saturated rings. The van der Waals surface area contributed by atoms with Crippen LogP contribution in [0.25, 0.3) is 0 Å². The Morgan fingerprint density at radius 1 is 1.69 bits per heavy atom. The van der Waals surface area contributed by atoms with Gasteiger partial charge in [-0.1, -0.05) is 13.8 Å². The highest BCUT2D eigenvalue weighted by atomic mass is 16.3. The molecule has 2 N–H and O–H groups in total. The zero-order chi connectivity index (χ0) is 9.47. The first-order valence-electron chi connectivity index (χ1n) is 4.86. The van der Waals surface area contributed by atoms with E-state index in [0.717, 1.165) is 6.42 Å². The molecule has 0 amide bonds. The van der Waals surface area contributed by atoms with E-state index in [-0.39, 0.29) is 0 Å². The minimum atomic E-state index is 0.299. The van der Waals surface area contributed by atoms with Gasteiger partial charge in [-0.15, -0.1) is 0 Å². The van der Waals surface area contributed by atoms with Gasteiger partial charge in [-0.05, 0) is 35.8 Å². The third-order valence-electron chi connectivity index (χ3n) is 3.16. The standard InChI is InChI=1S/C11H17NO/c1-11(2)6-9(11)10(12)5-8-3-4-13-7-8/h3-4,7,9-10H,5-6,12H2,1-2H3. The van der Waals surface area contributed by atoms with E-state index in [0.29, 0.717) is 17.4 Å². The molecule has 72 valence electrons. The minimum Gasteiger partial charge on any atom is -0.472 e. The molecule has 0 spiro atoms. The lowest BCUT2D eigenvalue weighted by molar-refractivity contribution is 0.474. The lowest BCUT2D eigenvalue weighted by Gasteiger charge is -2.11. The van der Waals surface area contributed by atoms with Crippen LogP contribution in [0, 0.1) is 11.3 Å². The Morgan fingerprint density at radius 2 is 2.38 bits per heavy atom. The van der Waals surface area contributed by atoms with E-state index in [9.17, 15) is 0 Å². The van der Waals surface area contributed by atoms with Crippen molar-refractivity contribution in [2.24, 2.45) is 17.1 Å². The van der Waals surface area contributed by atoms with Crippen molar-refractivity contribution in [2.45, 2.75) is 32.7 Å². The third-order valence-corrected chi connectivity index (χ3v) is 3.16. The van der Waals surface area contributed by atoms with E-state index in [1.165, 1.54) is 12.0 Å². The van der Waals surface area contributed by atoms with Gasteiger partial charge in [-0.2, -0.15) is 0 Å². The van der Waals surface area contributed by atoms with Gasteiger partial charge < -0.3 is 10.2 Å². The van der Waals surface area contributed by atoms with Gasteiger partial charge in [0.05, 0.1) is 12.5 Å². The predicted molar refractivity (Wildman–Crippen MR) is 52.3 cm³/mol. The minimum absolute atomic E-state index is 0.299. The summed E-state index contributed by atoms with van der Waals surface area (Å²) in [6.07, 6.45) is 5.71. The molecule has 0 radical (unpaired) electrons.